The summed E-state index contributed by atoms with van der Waals surface area (Å²) in [6.07, 6.45) is -3.71. The van der Waals surface area contributed by atoms with Gasteiger partial charge >= 0.3 is 17.9 Å². The van der Waals surface area contributed by atoms with Crippen molar-refractivity contribution in [1.82, 2.24) is 9.97 Å². The highest BCUT2D eigenvalue weighted by molar-refractivity contribution is 7.98. The standard InChI is InChI=1S/C18H24N4O9S/c1-7(23)22(12-15(19)20-18(32-5)21-16(12)27)17-14(31-10(4)26)13(30-9(3)25)11(6-28-17)29-8(2)24/h11,13-14,17H,6H2,1-5H3,(H3,19,20,21,27)/t11-,13+,14+,17-/m1/s1. The van der Waals surface area contributed by atoms with Gasteiger partial charge in [-0.3, -0.25) is 33.9 Å². The van der Waals surface area contributed by atoms with E-state index < -0.39 is 53.9 Å². The summed E-state index contributed by atoms with van der Waals surface area (Å²) in [6.45, 7) is 4.13. The molecule has 0 aliphatic carbocycles. The third kappa shape index (κ3) is 5.76. The normalized spacial score (nSPS) is 22.5. The van der Waals surface area contributed by atoms with Crippen molar-refractivity contribution >= 4 is 47.1 Å². The summed E-state index contributed by atoms with van der Waals surface area (Å²) in [5.41, 5.74) is 4.86. The summed E-state index contributed by atoms with van der Waals surface area (Å²) < 4.78 is 21.4. The van der Waals surface area contributed by atoms with Gasteiger partial charge in [-0.1, -0.05) is 11.8 Å². The Hall–Kier alpha value is -3.13. The second kappa shape index (κ2) is 10.5. The van der Waals surface area contributed by atoms with Gasteiger partial charge in [0.2, 0.25) is 5.91 Å². The fraction of sp³-hybridized carbons (Fsp3) is 0.556. The number of nitrogens with zero attached hydrogens (tertiary/aromatic N) is 2. The Kier molecular flexibility index (Phi) is 8.21. The van der Waals surface area contributed by atoms with Crippen molar-refractivity contribution in [1.29, 1.82) is 0 Å². The van der Waals surface area contributed by atoms with Gasteiger partial charge in [-0.2, -0.15) is 0 Å². The highest BCUT2D eigenvalue weighted by Crippen LogP contribution is 2.30. The van der Waals surface area contributed by atoms with Crippen LogP contribution in [0.2, 0.25) is 0 Å². The van der Waals surface area contributed by atoms with Crippen molar-refractivity contribution in [3.8, 4) is 0 Å². The molecule has 0 radical (unpaired) electrons. The van der Waals surface area contributed by atoms with Crippen molar-refractivity contribution in [2.24, 2.45) is 0 Å². The molecule has 0 aromatic carbocycles. The summed E-state index contributed by atoms with van der Waals surface area (Å²) in [6, 6.07) is 0. The Balaban J connectivity index is 2.61. The third-order valence-corrected chi connectivity index (χ3v) is 4.83. The van der Waals surface area contributed by atoms with Crippen LogP contribution < -0.4 is 16.2 Å². The molecule has 0 saturated carbocycles. The summed E-state index contributed by atoms with van der Waals surface area (Å²) in [5.74, 6) is -3.23. The quantitative estimate of drug-likeness (QED) is 0.236. The van der Waals surface area contributed by atoms with Gasteiger partial charge < -0.3 is 24.7 Å². The maximum atomic E-state index is 12.7. The average Bonchev–Trinajstić information content (AvgIpc) is 2.66. The van der Waals surface area contributed by atoms with Crippen LogP contribution in [0.3, 0.4) is 0 Å². The molecule has 1 fully saturated rings. The Labute approximate surface area is 186 Å². The second-order valence-electron chi connectivity index (χ2n) is 6.72. The Bertz CT molecular complexity index is 966. The molecule has 3 N–H and O–H groups in total. The van der Waals surface area contributed by atoms with E-state index in [2.05, 4.69) is 9.97 Å². The first-order valence-electron chi connectivity index (χ1n) is 9.33. The lowest BCUT2D eigenvalue weighted by Crippen LogP contribution is -2.63. The highest BCUT2D eigenvalue weighted by Gasteiger charge is 2.50. The largest absolute Gasteiger partial charge is 0.456 e. The van der Waals surface area contributed by atoms with Gasteiger partial charge in [0.05, 0.1) is 6.61 Å². The zero-order valence-electron chi connectivity index (χ0n) is 18.1. The molecule has 2 heterocycles. The number of hydrogen-bond donors (Lipinski definition) is 2. The number of rotatable bonds is 6. The number of carbonyl (C=O) groups is 4. The van der Waals surface area contributed by atoms with E-state index in [0.717, 1.165) is 44.4 Å². The highest BCUT2D eigenvalue weighted by atomic mass is 32.2. The van der Waals surface area contributed by atoms with Gasteiger partial charge in [-0.25, -0.2) is 4.98 Å². The van der Waals surface area contributed by atoms with Crippen LogP contribution in [0.15, 0.2) is 9.95 Å². The van der Waals surface area contributed by atoms with Crippen LogP contribution in [0, 0.1) is 0 Å². The number of nitrogens with one attached hydrogen (secondary N) is 1. The number of nitrogen functional groups attached to an aromatic ring is 1. The van der Waals surface area contributed by atoms with E-state index in [1.54, 1.807) is 6.26 Å². The van der Waals surface area contributed by atoms with E-state index in [9.17, 15) is 24.0 Å². The number of aromatic amines is 1. The first-order valence-corrected chi connectivity index (χ1v) is 10.6. The predicted octanol–water partition coefficient (Wildman–Crippen LogP) is -0.422. The van der Waals surface area contributed by atoms with E-state index in [0.29, 0.717) is 0 Å². The van der Waals surface area contributed by atoms with Crippen molar-refractivity contribution < 1.29 is 38.1 Å². The zero-order chi connectivity index (χ0) is 24.2. The fourth-order valence-corrected chi connectivity index (χ4v) is 3.58. The van der Waals surface area contributed by atoms with Crippen LogP contribution in [0.4, 0.5) is 11.5 Å². The van der Waals surface area contributed by atoms with Gasteiger partial charge in [0, 0.05) is 27.7 Å². The monoisotopic (exact) mass is 472 g/mol. The van der Waals surface area contributed by atoms with E-state index in [1.165, 1.54) is 0 Å². The predicted molar refractivity (Wildman–Crippen MR) is 111 cm³/mol. The van der Waals surface area contributed by atoms with Crippen LogP contribution in [0.5, 0.6) is 0 Å². The fourth-order valence-electron chi connectivity index (χ4n) is 3.20. The Morgan fingerprint density at radius 2 is 1.62 bits per heavy atom. The number of nitrogens with two attached hydrogens (primary N) is 1. The summed E-state index contributed by atoms with van der Waals surface area (Å²) in [7, 11) is 0. The molecule has 2 rings (SSSR count). The summed E-state index contributed by atoms with van der Waals surface area (Å²) in [4.78, 5) is 67.7. The number of ether oxygens (including phenoxy) is 4. The molecule has 1 aromatic rings. The molecule has 1 amide bonds. The van der Waals surface area contributed by atoms with E-state index >= 15 is 0 Å². The van der Waals surface area contributed by atoms with Gasteiger partial charge in [-0.15, -0.1) is 0 Å². The van der Waals surface area contributed by atoms with Crippen LogP contribution in [-0.2, 0) is 38.1 Å². The molecule has 1 aliphatic rings. The molecule has 1 aliphatic heterocycles. The zero-order valence-corrected chi connectivity index (χ0v) is 18.9. The van der Waals surface area contributed by atoms with E-state index in [1.807, 2.05) is 0 Å². The molecule has 1 saturated heterocycles. The van der Waals surface area contributed by atoms with Gasteiger partial charge in [0.25, 0.3) is 5.56 Å². The second-order valence-corrected chi connectivity index (χ2v) is 7.51. The average molecular weight is 472 g/mol. The van der Waals surface area contributed by atoms with Crippen molar-refractivity contribution in [2.45, 2.75) is 57.4 Å². The van der Waals surface area contributed by atoms with Crippen LogP contribution in [0.25, 0.3) is 0 Å². The van der Waals surface area contributed by atoms with Gasteiger partial charge in [-0.05, 0) is 6.26 Å². The molecule has 4 atom stereocenters. The topological polar surface area (TPSA) is 180 Å². The lowest BCUT2D eigenvalue weighted by molar-refractivity contribution is -0.225. The van der Waals surface area contributed by atoms with Crippen molar-refractivity contribution in [3.63, 3.8) is 0 Å². The lowest BCUT2D eigenvalue weighted by atomic mass is 10.0. The molecule has 1 aromatic heterocycles. The minimum absolute atomic E-state index is 0.216. The smallest absolute Gasteiger partial charge is 0.303 e. The number of carbonyl (C=O) groups excluding carboxylic acids is 4. The van der Waals surface area contributed by atoms with Gasteiger partial charge in [0.15, 0.2) is 41.2 Å². The van der Waals surface area contributed by atoms with E-state index in [-0.39, 0.29) is 23.3 Å². The first kappa shape index (κ1) is 25.1. The molecule has 0 unspecified atom stereocenters. The SMILES string of the molecule is CSc1nc(N)c(N(C(C)=O)[C@@H]2OC[C@@H](OC(C)=O)[C@H](OC(C)=O)[C@@H]2OC(C)=O)c(=O)[nH]1. The van der Waals surface area contributed by atoms with Crippen LogP contribution in [-0.4, -0.2) is 71.2 Å². The van der Waals surface area contributed by atoms with Crippen LogP contribution in [0.1, 0.15) is 27.7 Å². The summed E-state index contributed by atoms with van der Waals surface area (Å²) in [5, 5.41) is 0.216. The molecule has 176 valence electrons. The molecule has 0 bridgehead atoms. The molecular formula is C18H24N4O9S. The molecule has 14 heteroatoms. The number of esters is 3. The minimum atomic E-state index is -1.46. The molecule has 13 nitrogen and oxygen atoms in total. The molecule has 32 heavy (non-hydrogen) atoms. The number of H-pyrrole nitrogens is 1. The lowest BCUT2D eigenvalue weighted by Gasteiger charge is -2.44. The molecule has 0 spiro atoms. The van der Waals surface area contributed by atoms with E-state index in [4.69, 9.17) is 24.7 Å². The summed E-state index contributed by atoms with van der Waals surface area (Å²) >= 11 is 1.13. The van der Waals surface area contributed by atoms with Crippen molar-refractivity contribution in [3.05, 3.63) is 10.4 Å². The number of aromatic nitrogens is 2. The van der Waals surface area contributed by atoms with Crippen molar-refractivity contribution in [2.75, 3.05) is 23.5 Å². The maximum Gasteiger partial charge on any atom is 0.303 e. The first-order chi connectivity index (χ1) is 15.0. The number of hydrogen-bond acceptors (Lipinski definition) is 12. The third-order valence-electron chi connectivity index (χ3n) is 4.25. The Morgan fingerprint density at radius 3 is 2.09 bits per heavy atom. The van der Waals surface area contributed by atoms with Crippen LogP contribution >= 0.6 is 11.8 Å². The number of amides is 1. The number of thioether (sulfide) groups is 1. The maximum absolute atomic E-state index is 12.7. The number of anilines is 2. The Morgan fingerprint density at radius 1 is 1.06 bits per heavy atom. The minimum Gasteiger partial charge on any atom is -0.456 e. The molecular weight excluding hydrogens is 448 g/mol. The van der Waals surface area contributed by atoms with Gasteiger partial charge in [0.1, 0.15) is 0 Å².